The van der Waals surface area contributed by atoms with Gasteiger partial charge in [-0.1, -0.05) is 39.7 Å². The first-order chi connectivity index (χ1) is 7.03. The molecule has 0 amide bonds. The maximum atomic E-state index is 11.1. The van der Waals surface area contributed by atoms with Gasteiger partial charge in [-0.3, -0.25) is 0 Å². The van der Waals surface area contributed by atoms with Crippen molar-refractivity contribution in [3.63, 3.8) is 0 Å². The van der Waals surface area contributed by atoms with Gasteiger partial charge in [0.15, 0.2) is 0 Å². The Labute approximate surface area is 103 Å². The molecule has 1 aromatic carbocycles. The monoisotopic (exact) mass is 311 g/mol. The average Bonchev–Trinajstić information content (AvgIpc) is 2.21. The van der Waals surface area contributed by atoms with Crippen molar-refractivity contribution in [1.82, 2.24) is 4.72 Å². The third-order valence-corrected chi connectivity index (χ3v) is 4.78. The van der Waals surface area contributed by atoms with Gasteiger partial charge in [0.2, 0.25) is 10.0 Å². The van der Waals surface area contributed by atoms with Crippen LogP contribution in [0.2, 0.25) is 5.02 Å². The summed E-state index contributed by atoms with van der Waals surface area (Å²) in [6, 6.07) is 7.33. The Morgan fingerprint density at radius 2 is 1.87 bits per heavy atom. The first kappa shape index (κ1) is 13.0. The summed E-state index contributed by atoms with van der Waals surface area (Å²) in [5.74, 6) is 0. The molecule has 0 atom stereocenters. The van der Waals surface area contributed by atoms with Gasteiger partial charge in [0.05, 0.1) is 0 Å². The molecule has 1 N–H and O–H groups in total. The van der Waals surface area contributed by atoms with Gasteiger partial charge in [-0.2, -0.15) is 0 Å². The molecule has 0 radical (unpaired) electrons. The second-order valence-corrected chi connectivity index (χ2v) is 6.54. The molecule has 0 fully saturated rings. The van der Waals surface area contributed by atoms with Crippen molar-refractivity contribution < 1.29 is 8.42 Å². The number of halogens is 2. The number of rotatable bonds is 5. The quantitative estimate of drug-likeness (QED) is 0.847. The highest BCUT2D eigenvalue weighted by atomic mass is 79.9. The summed E-state index contributed by atoms with van der Waals surface area (Å²) in [5, 5.41) is 0.680. The van der Waals surface area contributed by atoms with Gasteiger partial charge in [-0.05, 0) is 24.1 Å². The van der Waals surface area contributed by atoms with Crippen LogP contribution in [-0.4, -0.2) is 19.6 Å². The molecule has 0 saturated carbocycles. The van der Waals surface area contributed by atoms with Crippen LogP contribution in [0.15, 0.2) is 24.3 Å². The lowest BCUT2D eigenvalue weighted by atomic mass is 10.2. The lowest BCUT2D eigenvalue weighted by Crippen LogP contribution is -2.26. The fourth-order valence-corrected chi connectivity index (χ4v) is 2.14. The molecule has 3 nitrogen and oxygen atoms in total. The molecule has 1 rings (SSSR count). The highest BCUT2D eigenvalue weighted by Gasteiger charge is 2.05. The predicted octanol–water partition coefficient (Wildman–Crippen LogP) is 2.15. The van der Waals surface area contributed by atoms with E-state index in [1.807, 2.05) is 12.1 Å². The average molecular weight is 313 g/mol. The van der Waals surface area contributed by atoms with Crippen LogP contribution >= 0.6 is 27.5 Å². The van der Waals surface area contributed by atoms with Gasteiger partial charge in [0.1, 0.15) is 4.66 Å². The van der Waals surface area contributed by atoms with E-state index in [1.165, 1.54) is 0 Å². The maximum absolute atomic E-state index is 11.1. The Kier molecular flexibility index (Phi) is 5.05. The molecule has 6 heteroatoms. The molecule has 0 heterocycles. The molecule has 0 spiro atoms. The summed E-state index contributed by atoms with van der Waals surface area (Å²) in [6.45, 7) is 0.398. The third-order valence-electron chi connectivity index (χ3n) is 1.79. The molecule has 15 heavy (non-hydrogen) atoms. The van der Waals surface area contributed by atoms with Crippen LogP contribution in [0.3, 0.4) is 0 Å². The number of alkyl halides is 1. The van der Waals surface area contributed by atoms with E-state index >= 15 is 0 Å². The van der Waals surface area contributed by atoms with Crippen LogP contribution in [0.25, 0.3) is 0 Å². The van der Waals surface area contributed by atoms with Gasteiger partial charge >= 0.3 is 0 Å². The summed E-state index contributed by atoms with van der Waals surface area (Å²) in [4.78, 5) is 0. The summed E-state index contributed by atoms with van der Waals surface area (Å²) >= 11 is 8.62. The molecule has 84 valence electrons. The van der Waals surface area contributed by atoms with Crippen molar-refractivity contribution in [2.75, 3.05) is 11.2 Å². The molecule has 0 unspecified atom stereocenters. The van der Waals surface area contributed by atoms with Crippen molar-refractivity contribution in [2.45, 2.75) is 6.42 Å². The van der Waals surface area contributed by atoms with Crippen molar-refractivity contribution in [2.24, 2.45) is 0 Å². The first-order valence-corrected chi connectivity index (χ1v) is 7.46. The number of hydrogen-bond acceptors (Lipinski definition) is 2. The van der Waals surface area contributed by atoms with Crippen molar-refractivity contribution >= 4 is 37.6 Å². The van der Waals surface area contributed by atoms with Crippen molar-refractivity contribution in [1.29, 1.82) is 0 Å². The Hall–Kier alpha value is -0.100. The summed E-state index contributed by atoms with van der Waals surface area (Å²) in [6.07, 6.45) is 0.656. The number of sulfonamides is 1. The van der Waals surface area contributed by atoms with Gasteiger partial charge in [-0.15, -0.1) is 0 Å². The first-order valence-electron chi connectivity index (χ1n) is 4.31. The van der Waals surface area contributed by atoms with E-state index in [0.29, 0.717) is 18.0 Å². The Balaban J connectivity index is 2.42. The minimum Gasteiger partial charge on any atom is -0.214 e. The Bertz CT molecular complexity index is 405. The standard InChI is InChI=1S/C9H11BrClNO2S/c10-7-15(13,14)12-6-5-8-1-3-9(11)4-2-8/h1-4,12H,5-7H2. The smallest absolute Gasteiger partial charge is 0.214 e. The zero-order valence-electron chi connectivity index (χ0n) is 7.91. The molecule has 0 bridgehead atoms. The predicted molar refractivity (Wildman–Crippen MR) is 65.9 cm³/mol. The van der Waals surface area contributed by atoms with E-state index in [9.17, 15) is 8.42 Å². The molecule has 0 aliphatic rings. The molecule has 0 aliphatic carbocycles. The Morgan fingerprint density at radius 3 is 2.40 bits per heavy atom. The van der Waals surface area contributed by atoms with Gasteiger partial charge < -0.3 is 0 Å². The molecular formula is C9H11BrClNO2S. The largest absolute Gasteiger partial charge is 0.221 e. The minimum atomic E-state index is -3.16. The fraction of sp³-hybridized carbons (Fsp3) is 0.333. The van der Waals surface area contributed by atoms with Crippen LogP contribution in [0.1, 0.15) is 5.56 Å². The number of nitrogens with one attached hydrogen (secondary N) is 1. The second kappa shape index (κ2) is 5.84. The minimum absolute atomic E-state index is 0.0688. The lowest BCUT2D eigenvalue weighted by molar-refractivity contribution is 0.587. The van der Waals surface area contributed by atoms with E-state index in [0.717, 1.165) is 5.56 Å². The van der Waals surface area contributed by atoms with E-state index in [-0.39, 0.29) is 4.66 Å². The normalized spacial score (nSPS) is 11.6. The number of benzene rings is 1. The molecule has 0 saturated heterocycles. The Morgan fingerprint density at radius 1 is 1.27 bits per heavy atom. The van der Waals surface area contributed by atoms with Crippen LogP contribution < -0.4 is 4.72 Å². The second-order valence-electron chi connectivity index (χ2n) is 2.99. The molecule has 0 aliphatic heterocycles. The van der Waals surface area contributed by atoms with Crippen molar-refractivity contribution in [3.05, 3.63) is 34.9 Å². The highest BCUT2D eigenvalue weighted by Crippen LogP contribution is 2.09. The van der Waals surface area contributed by atoms with Crippen molar-refractivity contribution in [3.8, 4) is 0 Å². The summed E-state index contributed by atoms with van der Waals surface area (Å²) in [7, 11) is -3.16. The van der Waals surface area contributed by atoms with E-state index in [1.54, 1.807) is 12.1 Å². The molecular weight excluding hydrogens is 302 g/mol. The zero-order chi connectivity index (χ0) is 11.3. The van der Waals surface area contributed by atoms with Crippen LogP contribution in [0, 0.1) is 0 Å². The fourth-order valence-electron chi connectivity index (χ4n) is 1.04. The number of hydrogen-bond donors (Lipinski definition) is 1. The SMILES string of the molecule is O=S(=O)(CBr)NCCc1ccc(Cl)cc1. The maximum Gasteiger partial charge on any atom is 0.221 e. The third kappa shape index (κ3) is 4.97. The molecule has 1 aromatic rings. The van der Waals surface area contributed by atoms with Gasteiger partial charge in [0.25, 0.3) is 0 Å². The van der Waals surface area contributed by atoms with Crippen LogP contribution in [-0.2, 0) is 16.4 Å². The molecule has 0 aromatic heterocycles. The summed E-state index contributed by atoms with van der Waals surface area (Å²) in [5.41, 5.74) is 1.05. The highest BCUT2D eigenvalue weighted by molar-refractivity contribution is 9.10. The lowest BCUT2D eigenvalue weighted by Gasteiger charge is -2.03. The summed E-state index contributed by atoms with van der Waals surface area (Å²) < 4.78 is 24.5. The van der Waals surface area contributed by atoms with E-state index < -0.39 is 10.0 Å². The van der Waals surface area contributed by atoms with Crippen LogP contribution in [0.5, 0.6) is 0 Å². The van der Waals surface area contributed by atoms with E-state index in [4.69, 9.17) is 11.6 Å². The van der Waals surface area contributed by atoms with Crippen LogP contribution in [0.4, 0.5) is 0 Å². The zero-order valence-corrected chi connectivity index (χ0v) is 11.1. The van der Waals surface area contributed by atoms with Gasteiger partial charge in [0, 0.05) is 11.6 Å². The van der Waals surface area contributed by atoms with Gasteiger partial charge in [-0.25, -0.2) is 13.1 Å². The van der Waals surface area contributed by atoms with E-state index in [2.05, 4.69) is 20.7 Å². The topological polar surface area (TPSA) is 46.2 Å².